The Labute approximate surface area is 128 Å². The van der Waals surface area contributed by atoms with Gasteiger partial charge in [0, 0.05) is 36.8 Å². The molecule has 2 atom stereocenters. The van der Waals surface area contributed by atoms with Crippen LogP contribution in [0.5, 0.6) is 0 Å². The summed E-state index contributed by atoms with van der Waals surface area (Å²) >= 11 is 4.82. The second-order valence-electron chi connectivity index (χ2n) is 5.74. The van der Waals surface area contributed by atoms with Gasteiger partial charge in [-0.05, 0) is 37.0 Å². The summed E-state index contributed by atoms with van der Waals surface area (Å²) in [5.41, 5.74) is 6.62. The molecule has 0 radical (unpaired) electrons. The molecule has 0 saturated carbocycles. The molecule has 0 spiro atoms. The third-order valence-corrected chi connectivity index (χ3v) is 4.63. The number of nitrogens with two attached hydrogens (primary N) is 1. The number of hydrogen-bond acceptors (Lipinski definition) is 3. The van der Waals surface area contributed by atoms with Crippen LogP contribution < -0.4 is 16.0 Å². The number of nitrogens with zero attached hydrogens (tertiary/aromatic N) is 1. The van der Waals surface area contributed by atoms with Gasteiger partial charge in [0.25, 0.3) is 0 Å². The highest BCUT2D eigenvalue weighted by Crippen LogP contribution is 2.29. The SMILES string of the molecule is NC(=S)c1ccc(N2CCC3NC(=O)CCC3C2)cc1F. The third kappa shape index (κ3) is 2.85. The summed E-state index contributed by atoms with van der Waals surface area (Å²) in [6.07, 6.45) is 2.39. The molecule has 3 rings (SSSR count). The number of hydrogen-bond donors (Lipinski definition) is 2. The Kier molecular flexibility index (Phi) is 3.80. The monoisotopic (exact) mass is 307 g/mol. The van der Waals surface area contributed by atoms with Gasteiger partial charge in [0.15, 0.2) is 0 Å². The van der Waals surface area contributed by atoms with Gasteiger partial charge >= 0.3 is 0 Å². The van der Waals surface area contributed by atoms with Crippen molar-refractivity contribution in [2.75, 3.05) is 18.0 Å². The molecule has 0 aromatic heterocycles. The molecule has 2 heterocycles. The molecule has 2 aliphatic heterocycles. The van der Waals surface area contributed by atoms with Crippen LogP contribution in [0, 0.1) is 11.7 Å². The number of nitrogens with one attached hydrogen (secondary N) is 1. The first-order valence-electron chi connectivity index (χ1n) is 7.18. The average Bonchev–Trinajstić information content (AvgIpc) is 2.46. The molecule has 6 heteroatoms. The Morgan fingerprint density at radius 1 is 1.43 bits per heavy atom. The molecule has 1 aromatic rings. The van der Waals surface area contributed by atoms with E-state index in [1.807, 2.05) is 6.07 Å². The molecule has 2 fully saturated rings. The summed E-state index contributed by atoms with van der Waals surface area (Å²) in [7, 11) is 0. The number of rotatable bonds is 2. The molecule has 1 amide bonds. The van der Waals surface area contributed by atoms with Crippen LogP contribution in [0.4, 0.5) is 10.1 Å². The summed E-state index contributed by atoms with van der Waals surface area (Å²) in [6, 6.07) is 5.26. The molecule has 0 bridgehead atoms. The Morgan fingerprint density at radius 3 is 2.95 bits per heavy atom. The van der Waals surface area contributed by atoms with Gasteiger partial charge in [-0.2, -0.15) is 0 Å². The van der Waals surface area contributed by atoms with Crippen molar-refractivity contribution in [1.82, 2.24) is 5.32 Å². The zero-order valence-electron chi connectivity index (χ0n) is 11.6. The van der Waals surface area contributed by atoms with E-state index in [4.69, 9.17) is 18.0 Å². The van der Waals surface area contributed by atoms with E-state index in [0.29, 0.717) is 12.3 Å². The first-order valence-corrected chi connectivity index (χ1v) is 7.59. The first-order chi connectivity index (χ1) is 10.0. The van der Waals surface area contributed by atoms with Crippen LogP contribution in [0.15, 0.2) is 18.2 Å². The zero-order chi connectivity index (χ0) is 15.0. The Hall–Kier alpha value is -1.69. The third-order valence-electron chi connectivity index (χ3n) is 4.41. The topological polar surface area (TPSA) is 58.4 Å². The standard InChI is InChI=1S/C15H18FN3OS/c16-12-7-10(2-3-11(12)15(17)21)19-6-5-13-9(8-19)1-4-14(20)18-13/h2-3,7,9,13H,1,4-6,8H2,(H2,17,21)(H,18,20). The molecular formula is C15H18FN3OS. The van der Waals surface area contributed by atoms with Gasteiger partial charge < -0.3 is 16.0 Å². The van der Waals surface area contributed by atoms with Crippen LogP contribution >= 0.6 is 12.2 Å². The Morgan fingerprint density at radius 2 is 2.24 bits per heavy atom. The second kappa shape index (κ2) is 5.60. The van der Waals surface area contributed by atoms with E-state index in [1.54, 1.807) is 6.07 Å². The molecule has 112 valence electrons. The number of amides is 1. The van der Waals surface area contributed by atoms with Crippen molar-refractivity contribution in [3.05, 3.63) is 29.6 Å². The van der Waals surface area contributed by atoms with E-state index in [2.05, 4.69) is 10.2 Å². The number of halogens is 1. The highest BCUT2D eigenvalue weighted by atomic mass is 32.1. The molecule has 2 unspecified atom stereocenters. The van der Waals surface area contributed by atoms with Crippen molar-refractivity contribution in [2.24, 2.45) is 11.7 Å². The maximum absolute atomic E-state index is 14.0. The lowest BCUT2D eigenvalue weighted by atomic mass is 9.85. The van der Waals surface area contributed by atoms with E-state index in [9.17, 15) is 9.18 Å². The fourth-order valence-electron chi connectivity index (χ4n) is 3.25. The molecule has 2 saturated heterocycles. The van der Waals surface area contributed by atoms with E-state index in [0.717, 1.165) is 31.6 Å². The molecule has 3 N–H and O–H groups in total. The summed E-state index contributed by atoms with van der Waals surface area (Å²) in [6.45, 7) is 1.66. The number of piperidine rings is 2. The summed E-state index contributed by atoms with van der Waals surface area (Å²) in [4.78, 5) is 13.7. The summed E-state index contributed by atoms with van der Waals surface area (Å²) in [5, 5.41) is 3.05. The minimum absolute atomic E-state index is 0.0766. The quantitative estimate of drug-likeness (QED) is 0.814. The van der Waals surface area contributed by atoms with Gasteiger partial charge in [-0.1, -0.05) is 12.2 Å². The van der Waals surface area contributed by atoms with Crippen LogP contribution in [-0.2, 0) is 4.79 Å². The van der Waals surface area contributed by atoms with Crippen molar-refractivity contribution in [3.63, 3.8) is 0 Å². The van der Waals surface area contributed by atoms with E-state index >= 15 is 0 Å². The van der Waals surface area contributed by atoms with Crippen LogP contribution in [0.2, 0.25) is 0 Å². The largest absolute Gasteiger partial charge is 0.389 e. The fraction of sp³-hybridized carbons (Fsp3) is 0.467. The van der Waals surface area contributed by atoms with Crippen molar-refractivity contribution in [3.8, 4) is 0 Å². The smallest absolute Gasteiger partial charge is 0.220 e. The van der Waals surface area contributed by atoms with Crippen LogP contribution in [0.3, 0.4) is 0 Å². The van der Waals surface area contributed by atoms with Crippen molar-refractivity contribution >= 4 is 28.8 Å². The van der Waals surface area contributed by atoms with Gasteiger partial charge in [0.2, 0.25) is 5.91 Å². The Bertz CT molecular complexity index is 592. The van der Waals surface area contributed by atoms with Gasteiger partial charge in [0.1, 0.15) is 10.8 Å². The van der Waals surface area contributed by atoms with Crippen LogP contribution in [0.25, 0.3) is 0 Å². The minimum atomic E-state index is -0.376. The van der Waals surface area contributed by atoms with Gasteiger partial charge in [0.05, 0.1) is 0 Å². The Balaban J connectivity index is 1.75. The highest BCUT2D eigenvalue weighted by Gasteiger charge is 2.33. The molecular weight excluding hydrogens is 289 g/mol. The summed E-state index contributed by atoms with van der Waals surface area (Å²) < 4.78 is 14.0. The number of anilines is 1. The van der Waals surface area contributed by atoms with Crippen molar-refractivity contribution in [1.29, 1.82) is 0 Å². The lowest BCUT2D eigenvalue weighted by Gasteiger charge is -2.42. The first kappa shape index (κ1) is 14.3. The van der Waals surface area contributed by atoms with E-state index < -0.39 is 0 Å². The number of thiocarbonyl (C=S) groups is 1. The lowest BCUT2D eigenvalue weighted by molar-refractivity contribution is -0.124. The predicted octanol–water partition coefficient (Wildman–Crippen LogP) is 1.56. The fourth-order valence-corrected chi connectivity index (χ4v) is 3.41. The maximum Gasteiger partial charge on any atom is 0.220 e. The van der Waals surface area contributed by atoms with Crippen molar-refractivity contribution in [2.45, 2.75) is 25.3 Å². The minimum Gasteiger partial charge on any atom is -0.389 e. The van der Waals surface area contributed by atoms with Crippen LogP contribution in [-0.4, -0.2) is 30.0 Å². The lowest BCUT2D eigenvalue weighted by Crippen LogP contribution is -2.54. The van der Waals surface area contributed by atoms with Crippen molar-refractivity contribution < 1.29 is 9.18 Å². The molecule has 2 aliphatic rings. The second-order valence-corrected chi connectivity index (χ2v) is 6.18. The van der Waals surface area contributed by atoms with Gasteiger partial charge in [-0.3, -0.25) is 4.79 Å². The van der Waals surface area contributed by atoms with E-state index in [-0.39, 0.29) is 28.3 Å². The number of fused-ring (bicyclic) bond motifs is 1. The molecule has 21 heavy (non-hydrogen) atoms. The van der Waals surface area contributed by atoms with Gasteiger partial charge in [-0.15, -0.1) is 0 Å². The molecule has 0 aliphatic carbocycles. The summed E-state index contributed by atoms with van der Waals surface area (Å²) in [5.74, 6) is 0.213. The maximum atomic E-state index is 14.0. The number of carbonyl (C=O) groups excluding carboxylic acids is 1. The molecule has 1 aromatic carbocycles. The normalized spacial score (nSPS) is 25.2. The predicted molar refractivity (Wildman–Crippen MR) is 83.8 cm³/mol. The number of carbonyl (C=O) groups is 1. The zero-order valence-corrected chi connectivity index (χ0v) is 12.5. The van der Waals surface area contributed by atoms with E-state index in [1.165, 1.54) is 6.07 Å². The number of benzene rings is 1. The van der Waals surface area contributed by atoms with Crippen LogP contribution in [0.1, 0.15) is 24.8 Å². The molecule has 4 nitrogen and oxygen atoms in total. The highest BCUT2D eigenvalue weighted by molar-refractivity contribution is 7.80. The average molecular weight is 307 g/mol. The van der Waals surface area contributed by atoms with Gasteiger partial charge in [-0.25, -0.2) is 4.39 Å².